The SMILES string of the molecule is CCCC(C)NC(=O)c1c(C)cc(C)c(S(=O)(=O)Cl)c1C. The molecule has 1 unspecified atom stereocenters. The Morgan fingerprint density at radius 3 is 2.33 bits per heavy atom. The molecule has 0 saturated carbocycles. The summed E-state index contributed by atoms with van der Waals surface area (Å²) in [5.74, 6) is -0.257. The molecule has 0 bridgehead atoms. The summed E-state index contributed by atoms with van der Waals surface area (Å²) in [6, 6.07) is 1.72. The number of amides is 1. The van der Waals surface area contributed by atoms with Crippen molar-refractivity contribution in [2.24, 2.45) is 0 Å². The van der Waals surface area contributed by atoms with Gasteiger partial charge in [0.1, 0.15) is 0 Å². The van der Waals surface area contributed by atoms with Gasteiger partial charge in [0.05, 0.1) is 4.90 Å². The normalized spacial score (nSPS) is 13.0. The zero-order chi connectivity index (χ0) is 16.4. The van der Waals surface area contributed by atoms with Crippen LogP contribution in [0.15, 0.2) is 11.0 Å². The highest BCUT2D eigenvalue weighted by Gasteiger charge is 2.24. The van der Waals surface area contributed by atoms with Crippen LogP contribution in [0.3, 0.4) is 0 Å². The number of carbonyl (C=O) groups is 1. The highest BCUT2D eigenvalue weighted by molar-refractivity contribution is 8.13. The van der Waals surface area contributed by atoms with Gasteiger partial charge in [-0.3, -0.25) is 4.79 Å². The molecule has 1 amide bonds. The Morgan fingerprint density at radius 2 is 1.86 bits per heavy atom. The van der Waals surface area contributed by atoms with E-state index < -0.39 is 9.05 Å². The molecule has 0 radical (unpaired) electrons. The standard InChI is InChI=1S/C15H22ClNO3S/c1-6-7-11(4)17-15(18)13-9(2)8-10(3)14(12(13)5)21(16,19)20/h8,11H,6-7H2,1-5H3,(H,17,18). The van der Waals surface area contributed by atoms with Gasteiger partial charge in [-0.2, -0.15) is 0 Å². The number of hydrogen-bond donors (Lipinski definition) is 1. The van der Waals surface area contributed by atoms with Crippen LogP contribution in [0.1, 0.15) is 53.7 Å². The van der Waals surface area contributed by atoms with Crippen molar-refractivity contribution in [3.63, 3.8) is 0 Å². The van der Waals surface area contributed by atoms with Gasteiger partial charge in [0.15, 0.2) is 0 Å². The highest BCUT2D eigenvalue weighted by Crippen LogP contribution is 2.28. The van der Waals surface area contributed by atoms with Crippen LogP contribution in [-0.2, 0) is 9.05 Å². The Labute approximate surface area is 131 Å². The zero-order valence-corrected chi connectivity index (χ0v) is 14.7. The number of aryl methyl sites for hydroxylation is 2. The van der Waals surface area contributed by atoms with Crippen LogP contribution in [0.25, 0.3) is 0 Å². The van der Waals surface area contributed by atoms with Crippen LogP contribution in [-0.4, -0.2) is 20.4 Å². The number of hydrogen-bond acceptors (Lipinski definition) is 3. The van der Waals surface area contributed by atoms with Crippen molar-refractivity contribution in [3.8, 4) is 0 Å². The smallest absolute Gasteiger partial charge is 0.261 e. The number of benzene rings is 1. The summed E-state index contributed by atoms with van der Waals surface area (Å²) in [6.45, 7) is 9.07. The summed E-state index contributed by atoms with van der Waals surface area (Å²) in [6.07, 6.45) is 1.84. The molecule has 6 heteroatoms. The molecular formula is C15H22ClNO3S. The molecule has 0 heterocycles. The van der Waals surface area contributed by atoms with E-state index in [1.807, 2.05) is 13.8 Å². The van der Waals surface area contributed by atoms with Gasteiger partial charge in [0.2, 0.25) is 0 Å². The first-order valence-electron chi connectivity index (χ1n) is 6.95. The molecular weight excluding hydrogens is 310 g/mol. The van der Waals surface area contributed by atoms with E-state index >= 15 is 0 Å². The third-order valence-electron chi connectivity index (χ3n) is 3.47. The molecule has 0 aliphatic heterocycles. The highest BCUT2D eigenvalue weighted by atomic mass is 35.7. The minimum Gasteiger partial charge on any atom is -0.350 e. The molecule has 1 rings (SSSR count). The van der Waals surface area contributed by atoms with E-state index in [2.05, 4.69) is 5.32 Å². The van der Waals surface area contributed by atoms with Crippen LogP contribution < -0.4 is 5.32 Å². The van der Waals surface area contributed by atoms with Crippen molar-refractivity contribution in [1.82, 2.24) is 5.32 Å². The predicted octanol–water partition coefficient (Wildman–Crippen LogP) is 3.46. The Bertz CT molecular complexity index is 653. The Balaban J connectivity index is 3.34. The van der Waals surface area contributed by atoms with Crippen LogP contribution in [0.2, 0.25) is 0 Å². The predicted molar refractivity (Wildman–Crippen MR) is 85.5 cm³/mol. The van der Waals surface area contributed by atoms with Crippen molar-refractivity contribution in [1.29, 1.82) is 0 Å². The Kier molecular flexibility index (Phi) is 5.82. The van der Waals surface area contributed by atoms with E-state index in [9.17, 15) is 13.2 Å². The minimum absolute atomic E-state index is 0.0306. The maximum Gasteiger partial charge on any atom is 0.261 e. The van der Waals surface area contributed by atoms with Crippen molar-refractivity contribution >= 4 is 25.6 Å². The van der Waals surface area contributed by atoms with Gasteiger partial charge < -0.3 is 5.32 Å². The molecule has 4 nitrogen and oxygen atoms in total. The average molecular weight is 332 g/mol. The average Bonchev–Trinajstić information content (AvgIpc) is 2.25. The largest absolute Gasteiger partial charge is 0.350 e. The molecule has 1 N–H and O–H groups in total. The van der Waals surface area contributed by atoms with Gasteiger partial charge in [-0.05, 0) is 50.8 Å². The maximum absolute atomic E-state index is 12.4. The molecule has 0 spiro atoms. The summed E-state index contributed by atoms with van der Waals surface area (Å²) in [7, 11) is 1.61. The fraction of sp³-hybridized carbons (Fsp3) is 0.533. The van der Waals surface area contributed by atoms with Crippen LogP contribution >= 0.6 is 10.7 Å². The van der Waals surface area contributed by atoms with E-state index in [-0.39, 0.29) is 16.8 Å². The zero-order valence-electron chi connectivity index (χ0n) is 13.1. The first-order valence-corrected chi connectivity index (χ1v) is 9.26. The molecule has 21 heavy (non-hydrogen) atoms. The second-order valence-electron chi connectivity index (χ2n) is 5.44. The van der Waals surface area contributed by atoms with Crippen molar-refractivity contribution < 1.29 is 13.2 Å². The van der Waals surface area contributed by atoms with Gasteiger partial charge >= 0.3 is 0 Å². The molecule has 118 valence electrons. The molecule has 0 aromatic heterocycles. The second-order valence-corrected chi connectivity index (χ2v) is 7.94. The third-order valence-corrected chi connectivity index (χ3v) is 5.05. The third kappa shape index (κ3) is 4.20. The van der Waals surface area contributed by atoms with E-state index in [0.717, 1.165) is 18.4 Å². The lowest BCUT2D eigenvalue weighted by Gasteiger charge is -2.18. The van der Waals surface area contributed by atoms with Crippen LogP contribution in [0.5, 0.6) is 0 Å². The lowest BCUT2D eigenvalue weighted by Crippen LogP contribution is -2.33. The van der Waals surface area contributed by atoms with Gasteiger partial charge in [-0.25, -0.2) is 8.42 Å². The lowest BCUT2D eigenvalue weighted by atomic mass is 9.98. The number of rotatable bonds is 5. The second kappa shape index (κ2) is 6.79. The van der Waals surface area contributed by atoms with Gasteiger partial charge in [-0.1, -0.05) is 19.4 Å². The van der Waals surface area contributed by atoms with Gasteiger partial charge in [0.25, 0.3) is 15.0 Å². The van der Waals surface area contributed by atoms with Crippen molar-refractivity contribution in [2.45, 2.75) is 58.4 Å². The number of nitrogens with one attached hydrogen (secondary N) is 1. The molecule has 0 saturated heterocycles. The number of carbonyl (C=O) groups excluding carboxylic acids is 1. The Hall–Kier alpha value is -1.07. The minimum atomic E-state index is -3.88. The molecule has 0 aliphatic rings. The molecule has 1 aromatic carbocycles. The van der Waals surface area contributed by atoms with Gasteiger partial charge in [0, 0.05) is 22.3 Å². The molecule has 1 aromatic rings. The topological polar surface area (TPSA) is 63.2 Å². The summed E-state index contributed by atoms with van der Waals surface area (Å²) in [5.41, 5.74) is 2.10. The maximum atomic E-state index is 12.4. The Morgan fingerprint density at radius 1 is 1.29 bits per heavy atom. The molecule has 0 fully saturated rings. The quantitative estimate of drug-likeness (QED) is 0.840. The summed E-state index contributed by atoms with van der Waals surface area (Å²) in [5, 5.41) is 2.90. The first-order chi connectivity index (χ1) is 9.59. The molecule has 0 aliphatic carbocycles. The van der Waals surface area contributed by atoms with E-state index in [1.54, 1.807) is 26.8 Å². The lowest BCUT2D eigenvalue weighted by molar-refractivity contribution is 0.0937. The van der Waals surface area contributed by atoms with E-state index in [1.165, 1.54) is 0 Å². The summed E-state index contributed by atoms with van der Waals surface area (Å²) < 4.78 is 23.4. The van der Waals surface area contributed by atoms with Crippen molar-refractivity contribution in [2.75, 3.05) is 0 Å². The van der Waals surface area contributed by atoms with Crippen LogP contribution in [0.4, 0.5) is 0 Å². The van der Waals surface area contributed by atoms with E-state index in [0.29, 0.717) is 16.7 Å². The van der Waals surface area contributed by atoms with Crippen LogP contribution in [0, 0.1) is 20.8 Å². The van der Waals surface area contributed by atoms with Gasteiger partial charge in [-0.15, -0.1) is 0 Å². The van der Waals surface area contributed by atoms with Crippen molar-refractivity contribution in [3.05, 3.63) is 28.3 Å². The first kappa shape index (κ1) is 18.0. The number of halogens is 1. The molecule has 1 atom stereocenters. The fourth-order valence-electron chi connectivity index (χ4n) is 2.69. The summed E-state index contributed by atoms with van der Waals surface area (Å²) >= 11 is 0. The summed E-state index contributed by atoms with van der Waals surface area (Å²) in [4.78, 5) is 12.4. The van der Waals surface area contributed by atoms with E-state index in [4.69, 9.17) is 10.7 Å². The monoisotopic (exact) mass is 331 g/mol. The fourth-order valence-corrected chi connectivity index (χ4v) is 4.32.